The molecule has 2 rings (SSSR count). The van der Waals surface area contributed by atoms with E-state index < -0.39 is 15.9 Å². The number of nitrogens with zero attached hydrogens (tertiary/aromatic N) is 1. The van der Waals surface area contributed by atoms with E-state index in [1.807, 2.05) is 4.72 Å². The Kier molecular flexibility index (Phi) is 5.13. The summed E-state index contributed by atoms with van der Waals surface area (Å²) in [7, 11) is -4.01. The van der Waals surface area contributed by atoms with Gasteiger partial charge in [0.1, 0.15) is 5.76 Å². The van der Waals surface area contributed by atoms with Crippen molar-refractivity contribution >= 4 is 45.2 Å². The lowest BCUT2D eigenvalue weighted by Gasteiger charge is -2.05. The molecule has 0 aliphatic rings. The number of amides is 1. The van der Waals surface area contributed by atoms with Gasteiger partial charge in [-0.3, -0.25) is 4.79 Å². The maximum Gasteiger partial charge on any atom is 0.266 e. The van der Waals surface area contributed by atoms with E-state index in [-0.39, 0.29) is 10.6 Å². The fraction of sp³-hybridized carbons (Fsp3) is 0.143. The van der Waals surface area contributed by atoms with Crippen LogP contribution in [0.4, 0.5) is 0 Å². The van der Waals surface area contributed by atoms with Crippen molar-refractivity contribution in [3.63, 3.8) is 0 Å². The molecule has 122 valence electrons. The van der Waals surface area contributed by atoms with Crippen LogP contribution >= 0.6 is 23.2 Å². The van der Waals surface area contributed by atoms with Crippen LogP contribution < -0.4 is 4.72 Å². The summed E-state index contributed by atoms with van der Waals surface area (Å²) in [5.74, 6) is -0.379. The zero-order chi connectivity index (χ0) is 17.2. The first-order chi connectivity index (χ1) is 10.7. The molecular weight excluding hydrogens is 363 g/mol. The summed E-state index contributed by atoms with van der Waals surface area (Å²) >= 11 is 11.6. The number of hydrogen-bond donors (Lipinski definition) is 1. The Bertz CT molecular complexity index is 869. The third-order valence-electron chi connectivity index (χ3n) is 2.91. The monoisotopic (exact) mass is 374 g/mol. The van der Waals surface area contributed by atoms with Crippen LogP contribution in [0, 0.1) is 13.8 Å². The van der Waals surface area contributed by atoms with Gasteiger partial charge in [0.15, 0.2) is 0 Å². The van der Waals surface area contributed by atoms with Gasteiger partial charge < -0.3 is 4.52 Å². The number of carbonyl (C=O) groups excluding carboxylic acids is 1. The summed E-state index contributed by atoms with van der Waals surface area (Å²) in [5.41, 5.74) is 1.08. The number of hydrogen-bond acceptors (Lipinski definition) is 5. The highest BCUT2D eigenvalue weighted by Gasteiger charge is 2.17. The molecule has 0 fully saturated rings. The van der Waals surface area contributed by atoms with Crippen LogP contribution in [0.1, 0.15) is 27.4 Å². The van der Waals surface area contributed by atoms with Gasteiger partial charge in [-0.1, -0.05) is 28.4 Å². The summed E-state index contributed by atoms with van der Waals surface area (Å²) in [6.45, 7) is 3.33. The van der Waals surface area contributed by atoms with E-state index in [4.69, 9.17) is 27.7 Å². The third-order valence-corrected chi connectivity index (χ3v) is 4.43. The van der Waals surface area contributed by atoms with E-state index in [2.05, 4.69) is 5.16 Å². The quantitative estimate of drug-likeness (QED) is 0.886. The van der Waals surface area contributed by atoms with Gasteiger partial charge in [-0.25, -0.2) is 13.1 Å². The first-order valence-electron chi connectivity index (χ1n) is 6.33. The predicted octanol–water partition coefficient (Wildman–Crippen LogP) is 3.33. The Balaban J connectivity index is 2.19. The number of rotatable bonds is 4. The van der Waals surface area contributed by atoms with Gasteiger partial charge in [0, 0.05) is 10.6 Å². The third kappa shape index (κ3) is 4.34. The zero-order valence-electron chi connectivity index (χ0n) is 12.1. The van der Waals surface area contributed by atoms with E-state index in [1.54, 1.807) is 13.8 Å². The van der Waals surface area contributed by atoms with E-state index >= 15 is 0 Å². The molecule has 0 saturated heterocycles. The highest BCUT2D eigenvalue weighted by Crippen LogP contribution is 2.21. The predicted molar refractivity (Wildman–Crippen MR) is 87.9 cm³/mol. The minimum absolute atomic E-state index is 0.00498. The summed E-state index contributed by atoms with van der Waals surface area (Å²) in [5, 5.41) is 4.97. The second kappa shape index (κ2) is 6.74. The number of aryl methyl sites for hydroxylation is 2. The van der Waals surface area contributed by atoms with Gasteiger partial charge in [0.2, 0.25) is 0 Å². The van der Waals surface area contributed by atoms with Gasteiger partial charge >= 0.3 is 0 Å². The van der Waals surface area contributed by atoms with Crippen LogP contribution in [0.2, 0.25) is 10.0 Å². The lowest BCUT2D eigenvalue weighted by atomic mass is 10.2. The molecule has 1 amide bonds. The SMILES string of the molecule is Cc1noc(C)c1/C=C/S(=O)(=O)NC(=O)c1ccc(Cl)cc1Cl. The molecule has 1 heterocycles. The molecule has 0 bridgehead atoms. The van der Waals surface area contributed by atoms with Crippen LogP contribution in [0.3, 0.4) is 0 Å². The largest absolute Gasteiger partial charge is 0.361 e. The lowest BCUT2D eigenvalue weighted by Crippen LogP contribution is -2.29. The first-order valence-corrected chi connectivity index (χ1v) is 8.63. The van der Waals surface area contributed by atoms with Gasteiger partial charge in [0.05, 0.1) is 21.7 Å². The highest BCUT2D eigenvalue weighted by molar-refractivity contribution is 7.93. The fourth-order valence-electron chi connectivity index (χ4n) is 1.78. The molecule has 1 aromatic heterocycles. The molecule has 1 N–H and O–H groups in total. The number of aromatic nitrogens is 1. The average Bonchev–Trinajstić information content (AvgIpc) is 2.75. The molecule has 0 aliphatic heterocycles. The smallest absolute Gasteiger partial charge is 0.266 e. The lowest BCUT2D eigenvalue weighted by molar-refractivity contribution is 0.0982. The first kappa shape index (κ1) is 17.5. The molecular formula is C14H12Cl2N2O4S. The molecule has 9 heteroatoms. The molecule has 1 aromatic carbocycles. The molecule has 2 aromatic rings. The standard InChI is InChI=1S/C14H12Cl2N2O4S/c1-8-11(9(2)22-17-8)5-6-23(20,21)18-14(19)12-4-3-10(15)7-13(12)16/h3-7H,1-2H3,(H,18,19)/b6-5+. The number of sulfonamides is 1. The minimum Gasteiger partial charge on any atom is -0.361 e. The topological polar surface area (TPSA) is 89.3 Å². The molecule has 0 radical (unpaired) electrons. The van der Waals surface area contributed by atoms with Crippen LogP contribution in [0.25, 0.3) is 6.08 Å². The number of halogens is 2. The number of nitrogens with one attached hydrogen (secondary N) is 1. The Morgan fingerprint density at radius 1 is 1.30 bits per heavy atom. The van der Waals surface area contributed by atoms with Gasteiger partial charge in [-0.15, -0.1) is 0 Å². The Labute approximate surface area is 143 Å². The molecule has 0 atom stereocenters. The van der Waals surface area contributed by atoms with Crippen LogP contribution in [-0.4, -0.2) is 19.5 Å². The molecule has 0 spiro atoms. The molecule has 0 unspecified atom stereocenters. The Hall–Kier alpha value is -1.83. The second-order valence-corrected chi connectivity index (χ2v) is 7.05. The summed E-state index contributed by atoms with van der Waals surface area (Å²) in [6, 6.07) is 4.13. The number of benzene rings is 1. The van der Waals surface area contributed by atoms with Crippen molar-refractivity contribution < 1.29 is 17.7 Å². The van der Waals surface area contributed by atoms with E-state index in [1.165, 1.54) is 24.3 Å². The highest BCUT2D eigenvalue weighted by atomic mass is 35.5. The summed E-state index contributed by atoms with van der Waals surface area (Å²) in [4.78, 5) is 12.0. The van der Waals surface area contributed by atoms with E-state index in [0.717, 1.165) is 5.41 Å². The normalized spacial score (nSPS) is 11.8. The molecule has 23 heavy (non-hydrogen) atoms. The van der Waals surface area contributed by atoms with Gasteiger partial charge in [0.25, 0.3) is 15.9 Å². The minimum atomic E-state index is -4.01. The Morgan fingerprint density at radius 3 is 2.57 bits per heavy atom. The van der Waals surface area contributed by atoms with E-state index in [9.17, 15) is 13.2 Å². The Morgan fingerprint density at radius 2 is 2.00 bits per heavy atom. The van der Waals surface area contributed by atoms with Crippen LogP contribution in [0.15, 0.2) is 28.1 Å². The van der Waals surface area contributed by atoms with Crippen molar-refractivity contribution in [3.05, 3.63) is 56.2 Å². The zero-order valence-corrected chi connectivity index (χ0v) is 14.5. The van der Waals surface area contributed by atoms with Crippen molar-refractivity contribution in [1.29, 1.82) is 0 Å². The van der Waals surface area contributed by atoms with Crippen molar-refractivity contribution in [2.45, 2.75) is 13.8 Å². The van der Waals surface area contributed by atoms with Crippen molar-refractivity contribution in [2.24, 2.45) is 0 Å². The van der Waals surface area contributed by atoms with Crippen LogP contribution in [-0.2, 0) is 10.0 Å². The molecule has 6 nitrogen and oxygen atoms in total. The maximum atomic E-state index is 12.0. The maximum absolute atomic E-state index is 12.0. The second-order valence-electron chi connectivity index (χ2n) is 4.64. The molecule has 0 aliphatic carbocycles. The molecule has 0 saturated carbocycles. The van der Waals surface area contributed by atoms with Crippen LogP contribution in [0.5, 0.6) is 0 Å². The average molecular weight is 375 g/mol. The van der Waals surface area contributed by atoms with Gasteiger partial charge in [-0.05, 0) is 38.1 Å². The summed E-state index contributed by atoms with van der Waals surface area (Å²) in [6.07, 6.45) is 1.31. The van der Waals surface area contributed by atoms with Crippen molar-refractivity contribution in [2.75, 3.05) is 0 Å². The van der Waals surface area contributed by atoms with E-state index in [0.29, 0.717) is 22.0 Å². The fourth-order valence-corrected chi connectivity index (χ4v) is 3.02. The summed E-state index contributed by atoms with van der Waals surface area (Å²) < 4.78 is 30.8. The van der Waals surface area contributed by atoms with Gasteiger partial charge in [-0.2, -0.15) is 0 Å². The van der Waals surface area contributed by atoms with Crippen molar-refractivity contribution in [1.82, 2.24) is 9.88 Å². The number of carbonyl (C=O) groups is 1. The van der Waals surface area contributed by atoms with Crippen molar-refractivity contribution in [3.8, 4) is 0 Å².